The van der Waals surface area contributed by atoms with Crippen molar-refractivity contribution in [2.24, 2.45) is 10.8 Å². The number of rotatable bonds is 7. The number of aliphatic hydroxyl groups is 1. The van der Waals surface area contributed by atoms with Gasteiger partial charge in [0.2, 0.25) is 0 Å². The molecule has 0 aromatic heterocycles. The summed E-state index contributed by atoms with van der Waals surface area (Å²) in [6, 6.07) is 0. The van der Waals surface area contributed by atoms with Gasteiger partial charge in [-0.2, -0.15) is 0 Å². The molecule has 2 aliphatic carbocycles. The zero-order chi connectivity index (χ0) is 24.2. The van der Waals surface area contributed by atoms with E-state index >= 15 is 0 Å². The van der Waals surface area contributed by atoms with Crippen molar-refractivity contribution in [1.82, 2.24) is 0 Å². The van der Waals surface area contributed by atoms with Gasteiger partial charge in [0.25, 0.3) is 0 Å². The molecule has 4 aliphatic rings. The van der Waals surface area contributed by atoms with Crippen LogP contribution in [0.2, 0.25) is 0 Å². The van der Waals surface area contributed by atoms with Gasteiger partial charge in [0, 0.05) is 26.7 Å². The summed E-state index contributed by atoms with van der Waals surface area (Å²) in [6.07, 6.45) is 0.225. The van der Waals surface area contributed by atoms with E-state index < -0.39 is 58.9 Å². The van der Waals surface area contributed by atoms with Gasteiger partial charge in [-0.3, -0.25) is 14.4 Å². The number of carbonyl (C=O) groups excluding carboxylic acids is 3. The van der Waals surface area contributed by atoms with Crippen molar-refractivity contribution in [3.05, 3.63) is 11.6 Å². The van der Waals surface area contributed by atoms with Gasteiger partial charge in [-0.1, -0.05) is 26.3 Å². The average Bonchev–Trinajstić information content (AvgIpc) is 3.53. The lowest BCUT2D eigenvalue weighted by atomic mass is 9.51. The maximum Gasteiger partial charge on any atom is 0.306 e. The monoisotopic (exact) mass is 466 g/mol. The molecule has 0 aromatic rings. The standard InChI is InChI=1S/C24H34O9/c1-6-7-8-18(27)32-16-10-23(11-29-14(3)25)17(9-13(16)2)33-21-19(28)20(31-15(4)26)22(23,5)24(21)12-30-24/h9,16-17,19-21,28H,6-8,10-12H2,1-5H3/t16-,17+,19+,20-,21+,22+,23+,24?/m1/s1. The maximum absolute atomic E-state index is 12.5. The summed E-state index contributed by atoms with van der Waals surface area (Å²) in [6.45, 7) is 8.66. The third-order valence-corrected chi connectivity index (χ3v) is 8.16. The van der Waals surface area contributed by atoms with Crippen molar-refractivity contribution in [3.8, 4) is 0 Å². The molecule has 1 saturated carbocycles. The molecule has 0 radical (unpaired) electrons. The van der Waals surface area contributed by atoms with E-state index in [-0.39, 0.29) is 19.0 Å². The first-order chi connectivity index (χ1) is 15.5. The third-order valence-electron chi connectivity index (χ3n) is 8.16. The highest BCUT2D eigenvalue weighted by Gasteiger charge is 2.86. The number of unbranched alkanes of at least 4 members (excludes halogenated alkanes) is 1. The number of hydrogen-bond acceptors (Lipinski definition) is 9. The predicted octanol–water partition coefficient (Wildman–Crippen LogP) is 1.84. The summed E-state index contributed by atoms with van der Waals surface area (Å²) in [5.41, 5.74) is -1.98. The Labute approximate surface area is 193 Å². The molecular weight excluding hydrogens is 432 g/mol. The summed E-state index contributed by atoms with van der Waals surface area (Å²) in [5.74, 6) is -1.30. The van der Waals surface area contributed by atoms with E-state index in [1.54, 1.807) is 0 Å². The molecule has 0 amide bonds. The van der Waals surface area contributed by atoms with Crippen LogP contribution < -0.4 is 0 Å². The number of hydrogen-bond donors (Lipinski definition) is 1. The molecule has 33 heavy (non-hydrogen) atoms. The van der Waals surface area contributed by atoms with Gasteiger partial charge in [0.1, 0.15) is 36.6 Å². The van der Waals surface area contributed by atoms with Gasteiger partial charge in [0.05, 0.1) is 23.5 Å². The average molecular weight is 467 g/mol. The van der Waals surface area contributed by atoms with Crippen molar-refractivity contribution in [2.45, 2.75) is 96.4 Å². The molecule has 1 spiro atoms. The van der Waals surface area contributed by atoms with Crippen molar-refractivity contribution in [1.29, 1.82) is 0 Å². The number of fused-ring (bicyclic) bond motifs is 2. The minimum Gasteiger partial charge on any atom is -0.465 e. The summed E-state index contributed by atoms with van der Waals surface area (Å²) < 4.78 is 29.4. The molecular formula is C24H34O9. The molecule has 4 rings (SSSR count). The summed E-state index contributed by atoms with van der Waals surface area (Å²) in [4.78, 5) is 36.4. The van der Waals surface area contributed by atoms with Gasteiger partial charge in [-0.05, 0) is 18.9 Å². The van der Waals surface area contributed by atoms with Gasteiger partial charge in [-0.15, -0.1) is 0 Å². The quantitative estimate of drug-likeness (QED) is 0.259. The van der Waals surface area contributed by atoms with E-state index in [2.05, 4.69) is 0 Å². The predicted molar refractivity (Wildman–Crippen MR) is 114 cm³/mol. The van der Waals surface area contributed by atoms with Crippen molar-refractivity contribution >= 4 is 17.9 Å². The number of carbonyl (C=O) groups is 3. The number of ether oxygens (including phenoxy) is 5. The molecule has 2 heterocycles. The lowest BCUT2D eigenvalue weighted by molar-refractivity contribution is -0.241. The molecule has 2 bridgehead atoms. The molecule has 9 nitrogen and oxygen atoms in total. The summed E-state index contributed by atoms with van der Waals surface area (Å²) >= 11 is 0. The van der Waals surface area contributed by atoms with Crippen LogP contribution in [0.5, 0.6) is 0 Å². The first kappa shape index (κ1) is 24.2. The van der Waals surface area contributed by atoms with E-state index in [1.165, 1.54) is 13.8 Å². The SMILES string of the molecule is CCCCC(=O)O[C@@H]1C[C@]2(COC(C)=O)[C@H](C=C1C)O[C@H]1[C@@H](O)[C@@H](OC(C)=O)[C@]2(C)C12CO2. The fourth-order valence-corrected chi connectivity index (χ4v) is 6.26. The van der Waals surface area contributed by atoms with Crippen LogP contribution in [0.1, 0.15) is 60.3 Å². The van der Waals surface area contributed by atoms with E-state index in [0.29, 0.717) is 13.0 Å². The molecule has 1 N–H and O–H groups in total. The summed E-state index contributed by atoms with van der Waals surface area (Å²) in [5, 5.41) is 11.2. The number of aliphatic hydroxyl groups excluding tert-OH is 1. The highest BCUT2D eigenvalue weighted by Crippen LogP contribution is 2.72. The minimum atomic E-state index is -1.11. The Balaban J connectivity index is 1.78. The smallest absolute Gasteiger partial charge is 0.306 e. The van der Waals surface area contributed by atoms with Crippen LogP contribution in [0, 0.1) is 10.8 Å². The Hall–Kier alpha value is -1.97. The first-order valence-electron chi connectivity index (χ1n) is 11.7. The molecule has 184 valence electrons. The van der Waals surface area contributed by atoms with Gasteiger partial charge < -0.3 is 28.8 Å². The van der Waals surface area contributed by atoms with Crippen LogP contribution in [-0.2, 0) is 38.1 Å². The highest BCUT2D eigenvalue weighted by molar-refractivity contribution is 5.70. The van der Waals surface area contributed by atoms with Crippen LogP contribution in [-0.4, -0.2) is 72.3 Å². The van der Waals surface area contributed by atoms with Crippen molar-refractivity contribution < 1.29 is 43.2 Å². The van der Waals surface area contributed by atoms with Crippen LogP contribution in [0.25, 0.3) is 0 Å². The molecule has 2 saturated heterocycles. The lowest BCUT2D eigenvalue weighted by Gasteiger charge is -2.58. The first-order valence-corrected chi connectivity index (χ1v) is 11.7. The fourth-order valence-electron chi connectivity index (χ4n) is 6.26. The fraction of sp³-hybridized carbons (Fsp3) is 0.792. The second kappa shape index (κ2) is 8.36. The number of epoxide rings is 1. The maximum atomic E-state index is 12.5. The molecule has 9 heteroatoms. The molecule has 2 aliphatic heterocycles. The molecule has 1 unspecified atom stereocenters. The Kier molecular flexibility index (Phi) is 6.12. The zero-order valence-electron chi connectivity index (χ0n) is 19.9. The van der Waals surface area contributed by atoms with Crippen LogP contribution in [0.4, 0.5) is 0 Å². The Bertz CT molecular complexity index is 862. The van der Waals surface area contributed by atoms with E-state index in [1.807, 2.05) is 26.8 Å². The van der Waals surface area contributed by atoms with Gasteiger partial charge >= 0.3 is 17.9 Å². The minimum absolute atomic E-state index is 0.0569. The lowest BCUT2D eigenvalue weighted by Crippen LogP contribution is -2.68. The van der Waals surface area contributed by atoms with Crippen molar-refractivity contribution in [2.75, 3.05) is 13.2 Å². The summed E-state index contributed by atoms with van der Waals surface area (Å²) in [7, 11) is 0. The molecule has 0 aromatic carbocycles. The second-order valence-corrected chi connectivity index (χ2v) is 10.0. The third kappa shape index (κ3) is 3.51. The van der Waals surface area contributed by atoms with Crippen LogP contribution >= 0.6 is 0 Å². The van der Waals surface area contributed by atoms with Crippen molar-refractivity contribution in [3.63, 3.8) is 0 Å². The highest BCUT2D eigenvalue weighted by atomic mass is 16.7. The van der Waals surface area contributed by atoms with E-state index in [4.69, 9.17) is 23.7 Å². The number of esters is 3. The topological polar surface area (TPSA) is 121 Å². The molecule has 3 fully saturated rings. The van der Waals surface area contributed by atoms with Crippen LogP contribution in [0.15, 0.2) is 11.6 Å². The Morgan fingerprint density at radius 1 is 1.21 bits per heavy atom. The molecule has 8 atom stereocenters. The Morgan fingerprint density at radius 3 is 2.48 bits per heavy atom. The van der Waals surface area contributed by atoms with Gasteiger partial charge in [-0.25, -0.2) is 0 Å². The second-order valence-electron chi connectivity index (χ2n) is 10.0. The Morgan fingerprint density at radius 2 is 1.91 bits per heavy atom. The normalized spacial score (nSPS) is 42.8. The van der Waals surface area contributed by atoms with Crippen LogP contribution in [0.3, 0.4) is 0 Å². The zero-order valence-corrected chi connectivity index (χ0v) is 19.9. The van der Waals surface area contributed by atoms with Gasteiger partial charge in [0.15, 0.2) is 0 Å². The van der Waals surface area contributed by atoms with E-state index in [9.17, 15) is 19.5 Å². The largest absolute Gasteiger partial charge is 0.465 e. The van der Waals surface area contributed by atoms with E-state index in [0.717, 1.165) is 18.4 Å².